The number of hydrogen-bond acceptors (Lipinski definition) is 3. The Morgan fingerprint density at radius 1 is 1.13 bits per heavy atom. The molecule has 1 aromatic carbocycles. The molecular weight excluding hydrogens is 284 g/mol. The minimum absolute atomic E-state index is 0.583. The van der Waals surface area contributed by atoms with E-state index in [4.69, 9.17) is 0 Å². The number of imidazole rings is 1. The number of nitriles is 1. The first-order valence-corrected chi connectivity index (χ1v) is 7.50. The number of aliphatic imine (C=N–C) groups is 1. The maximum absolute atomic E-state index is 9.39. The normalized spacial score (nSPS) is 10.6. The number of fused-ring (bicyclic) bond motifs is 1. The van der Waals surface area contributed by atoms with Crippen LogP contribution in [0.3, 0.4) is 0 Å². The molecule has 0 amide bonds. The predicted molar refractivity (Wildman–Crippen MR) is 93.3 cm³/mol. The van der Waals surface area contributed by atoms with Crippen molar-refractivity contribution < 1.29 is 0 Å². The number of nitrogens with zero attached hydrogens (tertiary/aromatic N) is 4. The van der Waals surface area contributed by atoms with Gasteiger partial charge in [0.15, 0.2) is 5.65 Å². The zero-order chi connectivity index (χ0) is 16.6. The largest absolute Gasteiger partial charge is 0.305 e. The molecule has 23 heavy (non-hydrogen) atoms. The van der Waals surface area contributed by atoms with Crippen LogP contribution < -0.4 is 0 Å². The van der Waals surface area contributed by atoms with E-state index in [1.807, 2.05) is 55.8 Å². The molecule has 0 aliphatic rings. The van der Waals surface area contributed by atoms with E-state index in [-0.39, 0.29) is 0 Å². The summed E-state index contributed by atoms with van der Waals surface area (Å²) in [5.41, 5.74) is 7.38. The summed E-state index contributed by atoms with van der Waals surface area (Å²) in [6, 6.07) is 10.3. The Morgan fingerprint density at radius 2 is 1.91 bits per heavy atom. The Labute approximate surface area is 135 Å². The van der Waals surface area contributed by atoms with Crippen LogP contribution in [0.5, 0.6) is 0 Å². The standard InChI is InChI=1S/C19H18N4/c1-12(2)21-18-6-5-15(7-13(18)3)17-8-16(9-20)19-22-14(4)10-23(19)11-17/h5-8,10-11H,1-4H3. The Morgan fingerprint density at radius 3 is 2.57 bits per heavy atom. The average Bonchev–Trinajstić information content (AvgIpc) is 2.88. The highest BCUT2D eigenvalue weighted by molar-refractivity contribution is 5.83. The molecule has 114 valence electrons. The lowest BCUT2D eigenvalue weighted by Gasteiger charge is -2.08. The van der Waals surface area contributed by atoms with Crippen LogP contribution in [-0.2, 0) is 0 Å². The molecule has 0 aliphatic heterocycles. The summed E-state index contributed by atoms with van der Waals surface area (Å²) in [7, 11) is 0. The molecule has 0 spiro atoms. The molecule has 0 N–H and O–H groups in total. The molecule has 0 bridgehead atoms. The van der Waals surface area contributed by atoms with Crippen molar-refractivity contribution >= 4 is 17.0 Å². The van der Waals surface area contributed by atoms with Crippen molar-refractivity contribution in [3.05, 3.63) is 53.5 Å². The average molecular weight is 302 g/mol. The van der Waals surface area contributed by atoms with Crippen molar-refractivity contribution in [1.29, 1.82) is 5.26 Å². The minimum Gasteiger partial charge on any atom is -0.305 e. The smallest absolute Gasteiger partial charge is 0.155 e. The van der Waals surface area contributed by atoms with Gasteiger partial charge >= 0.3 is 0 Å². The van der Waals surface area contributed by atoms with Gasteiger partial charge in [-0.15, -0.1) is 0 Å². The van der Waals surface area contributed by atoms with Crippen LogP contribution in [-0.4, -0.2) is 15.1 Å². The number of rotatable bonds is 2. The van der Waals surface area contributed by atoms with Crippen LogP contribution in [0, 0.1) is 25.2 Å². The number of hydrogen-bond donors (Lipinski definition) is 0. The van der Waals surface area contributed by atoms with Gasteiger partial charge in [-0.25, -0.2) is 4.98 Å². The third kappa shape index (κ3) is 2.86. The van der Waals surface area contributed by atoms with Crippen LogP contribution in [0.1, 0.15) is 30.7 Å². The summed E-state index contributed by atoms with van der Waals surface area (Å²) in [6.45, 7) is 7.96. The van der Waals surface area contributed by atoms with Crippen molar-refractivity contribution in [1.82, 2.24) is 9.38 Å². The molecule has 2 aromatic heterocycles. The number of pyridine rings is 1. The number of aryl methyl sites for hydroxylation is 2. The van der Waals surface area contributed by atoms with Crippen molar-refractivity contribution in [2.45, 2.75) is 27.7 Å². The van der Waals surface area contributed by atoms with Crippen LogP contribution in [0.25, 0.3) is 16.8 Å². The molecule has 4 heteroatoms. The van der Waals surface area contributed by atoms with Gasteiger partial charge in [0.2, 0.25) is 0 Å². The topological polar surface area (TPSA) is 53.5 Å². The van der Waals surface area contributed by atoms with Crippen molar-refractivity contribution in [3.8, 4) is 17.2 Å². The van der Waals surface area contributed by atoms with E-state index < -0.39 is 0 Å². The van der Waals surface area contributed by atoms with E-state index in [1.54, 1.807) is 0 Å². The fraction of sp³-hybridized carbons (Fsp3) is 0.211. The molecule has 3 rings (SSSR count). The summed E-state index contributed by atoms with van der Waals surface area (Å²) < 4.78 is 1.92. The maximum Gasteiger partial charge on any atom is 0.155 e. The molecule has 0 aliphatic carbocycles. The van der Waals surface area contributed by atoms with Crippen LogP contribution in [0.15, 0.2) is 41.7 Å². The highest BCUT2D eigenvalue weighted by Crippen LogP contribution is 2.28. The van der Waals surface area contributed by atoms with Crippen molar-refractivity contribution in [3.63, 3.8) is 0 Å². The number of aromatic nitrogens is 2. The third-order valence-corrected chi connectivity index (χ3v) is 3.67. The minimum atomic E-state index is 0.583. The third-order valence-electron chi connectivity index (χ3n) is 3.67. The molecule has 2 heterocycles. The summed E-state index contributed by atoms with van der Waals surface area (Å²) in [5, 5.41) is 9.39. The van der Waals surface area contributed by atoms with E-state index in [9.17, 15) is 5.26 Å². The van der Waals surface area contributed by atoms with Crippen LogP contribution >= 0.6 is 0 Å². The molecule has 0 atom stereocenters. The Balaban J connectivity index is 2.15. The molecule has 3 aromatic rings. The monoisotopic (exact) mass is 302 g/mol. The Hall–Kier alpha value is -2.93. The fourth-order valence-corrected chi connectivity index (χ4v) is 2.66. The molecule has 0 unspecified atom stereocenters. The van der Waals surface area contributed by atoms with Gasteiger partial charge in [-0.2, -0.15) is 5.26 Å². The zero-order valence-electron chi connectivity index (χ0n) is 13.8. The molecule has 0 radical (unpaired) electrons. The Kier molecular flexibility index (Phi) is 3.71. The van der Waals surface area contributed by atoms with Crippen molar-refractivity contribution in [2.75, 3.05) is 0 Å². The van der Waals surface area contributed by atoms with Gasteiger partial charge in [0, 0.05) is 18.1 Å². The lowest BCUT2D eigenvalue weighted by molar-refractivity contribution is 1.18. The first-order valence-electron chi connectivity index (χ1n) is 7.50. The molecule has 0 saturated carbocycles. The van der Waals surface area contributed by atoms with Gasteiger partial charge in [-0.1, -0.05) is 6.07 Å². The second kappa shape index (κ2) is 5.69. The van der Waals surface area contributed by atoms with Gasteiger partial charge in [-0.3, -0.25) is 4.99 Å². The number of benzene rings is 1. The first-order chi connectivity index (χ1) is 11.0. The molecule has 4 nitrogen and oxygen atoms in total. The summed E-state index contributed by atoms with van der Waals surface area (Å²) in [4.78, 5) is 8.94. The molecule has 0 saturated heterocycles. The highest BCUT2D eigenvalue weighted by Gasteiger charge is 2.09. The van der Waals surface area contributed by atoms with E-state index in [0.717, 1.165) is 33.8 Å². The van der Waals surface area contributed by atoms with Crippen molar-refractivity contribution in [2.24, 2.45) is 4.99 Å². The lowest BCUT2D eigenvalue weighted by Crippen LogP contribution is -1.91. The van der Waals surface area contributed by atoms with Gasteiger partial charge in [0.05, 0.1) is 16.9 Å². The fourth-order valence-electron chi connectivity index (χ4n) is 2.66. The van der Waals surface area contributed by atoms with E-state index in [0.29, 0.717) is 11.2 Å². The van der Waals surface area contributed by atoms with Gasteiger partial charge in [-0.05, 0) is 62.6 Å². The zero-order valence-corrected chi connectivity index (χ0v) is 13.8. The summed E-state index contributed by atoms with van der Waals surface area (Å²) in [5.74, 6) is 0. The lowest BCUT2D eigenvalue weighted by atomic mass is 10.0. The summed E-state index contributed by atoms with van der Waals surface area (Å²) >= 11 is 0. The predicted octanol–water partition coefficient (Wildman–Crippen LogP) is 4.60. The van der Waals surface area contributed by atoms with Gasteiger partial charge < -0.3 is 4.40 Å². The second-order valence-electron chi connectivity index (χ2n) is 5.93. The molecular formula is C19H18N4. The van der Waals surface area contributed by atoms with E-state index in [1.165, 1.54) is 0 Å². The molecule has 0 fully saturated rings. The SMILES string of the molecule is CC(C)=Nc1ccc(-c2cc(C#N)c3nc(C)cn3c2)cc1C. The van der Waals surface area contributed by atoms with Crippen LogP contribution in [0.2, 0.25) is 0 Å². The summed E-state index contributed by atoms with van der Waals surface area (Å²) in [6.07, 6.45) is 3.95. The van der Waals surface area contributed by atoms with E-state index >= 15 is 0 Å². The van der Waals surface area contributed by atoms with Gasteiger partial charge in [0.25, 0.3) is 0 Å². The maximum atomic E-state index is 9.39. The van der Waals surface area contributed by atoms with Crippen LogP contribution in [0.4, 0.5) is 5.69 Å². The Bertz CT molecular complexity index is 967. The second-order valence-corrected chi connectivity index (χ2v) is 5.93. The van der Waals surface area contributed by atoms with Gasteiger partial charge in [0.1, 0.15) is 6.07 Å². The highest BCUT2D eigenvalue weighted by atomic mass is 15.0. The quantitative estimate of drug-likeness (QED) is 0.649. The first kappa shape index (κ1) is 15.0. The van der Waals surface area contributed by atoms with E-state index in [2.05, 4.69) is 29.0 Å².